The summed E-state index contributed by atoms with van der Waals surface area (Å²) in [6.07, 6.45) is -8.54. The molecule has 0 radical (unpaired) electrons. The van der Waals surface area contributed by atoms with Crippen LogP contribution in [0.15, 0.2) is 10.9 Å². The summed E-state index contributed by atoms with van der Waals surface area (Å²) in [5.74, 6) is -0.614. The van der Waals surface area contributed by atoms with Gasteiger partial charge in [-0.05, 0) is 6.07 Å². The van der Waals surface area contributed by atoms with Crippen LogP contribution in [0.2, 0.25) is 0 Å². The maximum absolute atomic E-state index is 12.2. The van der Waals surface area contributed by atoms with Crippen molar-refractivity contribution in [3.05, 3.63) is 27.5 Å². The first-order valence-corrected chi connectivity index (χ1v) is 3.61. The smallest absolute Gasteiger partial charge is 0.385 e. The van der Waals surface area contributed by atoms with Gasteiger partial charge in [0.15, 0.2) is 0 Å². The van der Waals surface area contributed by atoms with Crippen molar-refractivity contribution in [3.63, 3.8) is 0 Å². The Labute approximate surface area is 79.7 Å². The molecule has 0 aliphatic carbocycles. The SMILES string of the molecule is Nc1cc(C(F)(F)F)c(C(F)F)c(=O)[nH]1. The van der Waals surface area contributed by atoms with Crippen LogP contribution < -0.4 is 11.3 Å². The number of halogens is 5. The monoisotopic (exact) mass is 228 g/mol. The fourth-order valence-electron chi connectivity index (χ4n) is 1.04. The lowest BCUT2D eigenvalue weighted by atomic mass is 10.1. The van der Waals surface area contributed by atoms with Crippen molar-refractivity contribution in [1.29, 1.82) is 0 Å². The van der Waals surface area contributed by atoms with Crippen LogP contribution in [0.25, 0.3) is 0 Å². The van der Waals surface area contributed by atoms with Crippen molar-refractivity contribution >= 4 is 5.82 Å². The molecule has 1 heterocycles. The van der Waals surface area contributed by atoms with E-state index in [0.29, 0.717) is 0 Å². The molecular weight excluding hydrogens is 223 g/mol. The van der Waals surface area contributed by atoms with Crippen LogP contribution in [-0.2, 0) is 6.18 Å². The van der Waals surface area contributed by atoms with Crippen molar-refractivity contribution in [2.45, 2.75) is 12.6 Å². The Morgan fingerprint density at radius 1 is 1.33 bits per heavy atom. The number of aromatic nitrogens is 1. The van der Waals surface area contributed by atoms with Crippen molar-refractivity contribution < 1.29 is 22.0 Å². The number of nitrogen functional groups attached to an aromatic ring is 1. The molecule has 0 saturated heterocycles. The van der Waals surface area contributed by atoms with Gasteiger partial charge in [0.25, 0.3) is 12.0 Å². The molecule has 0 fully saturated rings. The van der Waals surface area contributed by atoms with Gasteiger partial charge in [-0.15, -0.1) is 0 Å². The third-order valence-corrected chi connectivity index (χ3v) is 1.62. The lowest BCUT2D eigenvalue weighted by Crippen LogP contribution is -2.22. The first kappa shape index (κ1) is 11.5. The number of nitrogens with one attached hydrogen (secondary N) is 1. The summed E-state index contributed by atoms with van der Waals surface area (Å²) >= 11 is 0. The number of alkyl halides is 5. The Morgan fingerprint density at radius 2 is 1.87 bits per heavy atom. The van der Waals surface area contributed by atoms with Gasteiger partial charge in [0.05, 0.1) is 11.1 Å². The van der Waals surface area contributed by atoms with E-state index < -0.39 is 35.1 Å². The van der Waals surface area contributed by atoms with Gasteiger partial charge in [-0.3, -0.25) is 4.79 Å². The van der Waals surface area contributed by atoms with Crippen LogP contribution in [0.1, 0.15) is 17.6 Å². The zero-order valence-corrected chi connectivity index (χ0v) is 7.03. The fraction of sp³-hybridized carbons (Fsp3) is 0.286. The highest BCUT2D eigenvalue weighted by Gasteiger charge is 2.37. The molecule has 0 aromatic carbocycles. The molecule has 0 bridgehead atoms. The summed E-state index contributed by atoms with van der Waals surface area (Å²) in [6.45, 7) is 0. The Morgan fingerprint density at radius 3 is 2.27 bits per heavy atom. The average Bonchev–Trinajstić information content (AvgIpc) is 1.99. The van der Waals surface area contributed by atoms with Crippen molar-refractivity contribution in [1.82, 2.24) is 4.98 Å². The molecule has 1 rings (SSSR count). The summed E-state index contributed by atoms with van der Waals surface area (Å²) in [4.78, 5) is 12.5. The summed E-state index contributed by atoms with van der Waals surface area (Å²) in [6, 6.07) is 0.267. The van der Waals surface area contributed by atoms with Crippen LogP contribution in [0.5, 0.6) is 0 Å². The highest BCUT2D eigenvalue weighted by Crippen LogP contribution is 2.34. The Hall–Kier alpha value is -1.60. The van der Waals surface area contributed by atoms with E-state index in [9.17, 15) is 26.7 Å². The van der Waals surface area contributed by atoms with E-state index in [0.717, 1.165) is 0 Å². The van der Waals surface area contributed by atoms with Crippen LogP contribution in [-0.4, -0.2) is 4.98 Å². The van der Waals surface area contributed by atoms with Crippen LogP contribution >= 0.6 is 0 Å². The first-order chi connectivity index (χ1) is 6.73. The normalized spacial score (nSPS) is 12.1. The van der Waals surface area contributed by atoms with E-state index in [1.54, 1.807) is 4.98 Å². The zero-order chi connectivity index (χ0) is 11.8. The van der Waals surface area contributed by atoms with Crippen LogP contribution in [0.3, 0.4) is 0 Å². The summed E-state index contributed by atoms with van der Waals surface area (Å²) in [5.41, 5.74) is 0.0708. The highest BCUT2D eigenvalue weighted by molar-refractivity contribution is 5.39. The zero-order valence-electron chi connectivity index (χ0n) is 7.03. The van der Waals surface area contributed by atoms with Crippen molar-refractivity contribution in [2.75, 3.05) is 5.73 Å². The molecule has 0 amide bonds. The minimum atomic E-state index is -5.03. The molecule has 8 heteroatoms. The lowest BCUT2D eigenvalue weighted by molar-refractivity contribution is -0.139. The Bertz CT molecular complexity index is 422. The number of H-pyrrole nitrogens is 1. The third-order valence-electron chi connectivity index (χ3n) is 1.62. The minimum Gasteiger partial charge on any atom is -0.385 e. The molecule has 0 saturated carbocycles. The molecule has 0 atom stereocenters. The van der Waals surface area contributed by atoms with Gasteiger partial charge in [-0.2, -0.15) is 13.2 Å². The predicted octanol–water partition coefficient (Wildman–Crippen LogP) is 1.91. The molecule has 0 spiro atoms. The van der Waals surface area contributed by atoms with Gasteiger partial charge in [0.2, 0.25) is 0 Å². The number of hydrogen-bond acceptors (Lipinski definition) is 2. The maximum Gasteiger partial charge on any atom is 0.417 e. The first-order valence-electron chi connectivity index (χ1n) is 3.61. The Balaban J connectivity index is 3.55. The van der Waals surface area contributed by atoms with E-state index in [4.69, 9.17) is 5.73 Å². The van der Waals surface area contributed by atoms with E-state index in [1.807, 2.05) is 0 Å². The van der Waals surface area contributed by atoms with Gasteiger partial charge in [0.1, 0.15) is 5.82 Å². The van der Waals surface area contributed by atoms with Gasteiger partial charge in [-0.25, -0.2) is 8.78 Å². The van der Waals surface area contributed by atoms with E-state index in [1.165, 1.54) is 0 Å². The summed E-state index contributed by atoms with van der Waals surface area (Å²) in [7, 11) is 0. The second-order valence-corrected chi connectivity index (χ2v) is 2.68. The Kier molecular flexibility index (Phi) is 2.69. The van der Waals surface area contributed by atoms with Crippen LogP contribution in [0, 0.1) is 0 Å². The number of pyridine rings is 1. The van der Waals surface area contributed by atoms with E-state index in [2.05, 4.69) is 0 Å². The van der Waals surface area contributed by atoms with Crippen molar-refractivity contribution in [2.24, 2.45) is 0 Å². The van der Waals surface area contributed by atoms with Crippen LogP contribution in [0.4, 0.5) is 27.8 Å². The quantitative estimate of drug-likeness (QED) is 0.721. The lowest BCUT2D eigenvalue weighted by Gasteiger charge is -2.11. The van der Waals surface area contributed by atoms with Gasteiger partial charge in [-0.1, -0.05) is 0 Å². The molecule has 15 heavy (non-hydrogen) atoms. The number of rotatable bonds is 1. The third kappa shape index (κ3) is 2.25. The van der Waals surface area contributed by atoms with Gasteiger partial charge in [0, 0.05) is 0 Å². The fourth-order valence-corrected chi connectivity index (χ4v) is 1.04. The van der Waals surface area contributed by atoms with E-state index >= 15 is 0 Å². The average molecular weight is 228 g/mol. The predicted molar refractivity (Wildman–Crippen MR) is 41.4 cm³/mol. The molecule has 0 aliphatic heterocycles. The van der Waals surface area contributed by atoms with Gasteiger partial charge >= 0.3 is 6.18 Å². The second-order valence-electron chi connectivity index (χ2n) is 2.68. The molecule has 1 aromatic rings. The number of hydrogen-bond donors (Lipinski definition) is 2. The molecule has 3 N–H and O–H groups in total. The van der Waals surface area contributed by atoms with Gasteiger partial charge < -0.3 is 10.7 Å². The van der Waals surface area contributed by atoms with E-state index in [-0.39, 0.29) is 6.07 Å². The maximum atomic E-state index is 12.2. The number of anilines is 1. The largest absolute Gasteiger partial charge is 0.417 e. The molecular formula is C7H5F5N2O. The number of aromatic amines is 1. The number of nitrogens with two attached hydrogens (primary N) is 1. The summed E-state index contributed by atoms with van der Waals surface area (Å²) in [5, 5.41) is 0. The summed E-state index contributed by atoms with van der Waals surface area (Å²) < 4.78 is 61.1. The minimum absolute atomic E-state index is 0.267. The molecule has 0 unspecified atom stereocenters. The molecule has 1 aromatic heterocycles. The topological polar surface area (TPSA) is 58.9 Å². The molecule has 84 valence electrons. The standard InChI is InChI=1S/C7H5F5N2O/c8-5(9)4-2(7(10,11)12)1-3(13)14-6(4)15/h1,5H,(H3,13,14,15). The van der Waals surface area contributed by atoms with Crippen molar-refractivity contribution in [3.8, 4) is 0 Å². The molecule has 3 nitrogen and oxygen atoms in total. The molecule has 0 aliphatic rings. The highest BCUT2D eigenvalue weighted by atomic mass is 19.4. The second kappa shape index (κ2) is 3.52.